The summed E-state index contributed by atoms with van der Waals surface area (Å²) in [6.45, 7) is 0. The van der Waals surface area contributed by atoms with Crippen molar-refractivity contribution in [3.05, 3.63) is 52.9 Å². The van der Waals surface area contributed by atoms with Crippen LogP contribution in [-0.2, 0) is 0 Å². The average molecular weight is 199 g/mol. The first-order valence-electron chi connectivity index (χ1n) is 4.27. The number of hydrogen-bond acceptors (Lipinski definition) is 2. The molecule has 0 bridgehead atoms. The minimum Gasteiger partial charge on any atom is -0.391 e. The molecular weight excluding hydrogens is 190 g/mol. The van der Waals surface area contributed by atoms with Gasteiger partial charge in [-0.05, 0) is 24.3 Å². The van der Waals surface area contributed by atoms with E-state index in [1.165, 1.54) is 11.3 Å². The molecule has 0 amide bonds. The van der Waals surface area contributed by atoms with Crippen LogP contribution in [0.1, 0.15) is 10.4 Å². The van der Waals surface area contributed by atoms with Crippen LogP contribution in [0.2, 0.25) is 0 Å². The van der Waals surface area contributed by atoms with Crippen LogP contribution in [0.3, 0.4) is 0 Å². The second-order valence-electron chi connectivity index (χ2n) is 2.82. The number of nitrogen functional groups attached to an aromatic ring is 1. The molecule has 0 saturated heterocycles. The van der Waals surface area contributed by atoms with E-state index >= 15 is 0 Å². The van der Waals surface area contributed by atoms with E-state index in [9.17, 15) is 0 Å². The number of hydrogen-bond donors (Lipinski definition) is 1. The Balaban J connectivity index is 2.23. The second-order valence-corrected chi connectivity index (χ2v) is 3.93. The molecule has 2 rings (SSSR count). The SMILES string of the molecule is Nc1ccc(C#Cc2ccccc2)s1. The number of nitrogens with two attached hydrogens (primary N) is 1. The van der Waals surface area contributed by atoms with Crippen molar-refractivity contribution in [2.45, 2.75) is 0 Å². The van der Waals surface area contributed by atoms with Crippen LogP contribution in [-0.4, -0.2) is 0 Å². The van der Waals surface area contributed by atoms with Crippen molar-refractivity contribution in [2.24, 2.45) is 0 Å². The van der Waals surface area contributed by atoms with E-state index in [2.05, 4.69) is 11.8 Å². The van der Waals surface area contributed by atoms with Crippen LogP contribution in [0, 0.1) is 11.8 Å². The molecule has 0 aliphatic carbocycles. The minimum absolute atomic E-state index is 0.808. The third-order valence-electron chi connectivity index (χ3n) is 1.73. The van der Waals surface area contributed by atoms with Crippen LogP contribution in [0.25, 0.3) is 0 Å². The van der Waals surface area contributed by atoms with Crippen molar-refractivity contribution in [1.82, 2.24) is 0 Å². The Hall–Kier alpha value is -1.72. The Kier molecular flexibility index (Phi) is 2.53. The molecule has 0 saturated carbocycles. The van der Waals surface area contributed by atoms with Gasteiger partial charge in [-0.1, -0.05) is 30.0 Å². The van der Waals surface area contributed by atoms with Gasteiger partial charge in [0.25, 0.3) is 0 Å². The van der Waals surface area contributed by atoms with Crippen LogP contribution in [0.15, 0.2) is 42.5 Å². The van der Waals surface area contributed by atoms with Gasteiger partial charge >= 0.3 is 0 Å². The molecule has 0 aliphatic rings. The van der Waals surface area contributed by atoms with E-state index in [1.807, 2.05) is 42.5 Å². The standard InChI is InChI=1S/C12H9NS/c13-12-9-8-11(14-12)7-6-10-4-2-1-3-5-10/h1-5,8-9H,13H2. The molecule has 2 N–H and O–H groups in total. The summed E-state index contributed by atoms with van der Waals surface area (Å²) < 4.78 is 0. The van der Waals surface area contributed by atoms with Crippen LogP contribution >= 0.6 is 11.3 Å². The van der Waals surface area contributed by atoms with E-state index in [4.69, 9.17) is 5.73 Å². The lowest BCUT2D eigenvalue weighted by atomic mass is 10.2. The summed E-state index contributed by atoms with van der Waals surface area (Å²) >= 11 is 1.51. The molecule has 1 heterocycles. The largest absolute Gasteiger partial charge is 0.391 e. The van der Waals surface area contributed by atoms with Gasteiger partial charge in [0.2, 0.25) is 0 Å². The molecule has 2 aromatic rings. The molecule has 0 unspecified atom stereocenters. The van der Waals surface area contributed by atoms with Gasteiger partial charge in [0.05, 0.1) is 9.88 Å². The highest BCUT2D eigenvalue weighted by molar-refractivity contribution is 7.16. The second kappa shape index (κ2) is 3.99. The van der Waals surface area contributed by atoms with Crippen molar-refractivity contribution < 1.29 is 0 Å². The van der Waals surface area contributed by atoms with Gasteiger partial charge < -0.3 is 5.73 Å². The summed E-state index contributed by atoms with van der Waals surface area (Å²) in [6.07, 6.45) is 0. The lowest BCUT2D eigenvalue weighted by molar-refractivity contribution is 1.65. The van der Waals surface area contributed by atoms with E-state index in [-0.39, 0.29) is 0 Å². The fraction of sp³-hybridized carbons (Fsp3) is 0. The van der Waals surface area contributed by atoms with Gasteiger partial charge in [-0.3, -0.25) is 0 Å². The third kappa shape index (κ3) is 2.15. The zero-order chi connectivity index (χ0) is 9.80. The smallest absolute Gasteiger partial charge is 0.0869 e. The normalized spacial score (nSPS) is 9.14. The lowest BCUT2D eigenvalue weighted by Crippen LogP contribution is -1.72. The highest BCUT2D eigenvalue weighted by atomic mass is 32.1. The fourth-order valence-electron chi connectivity index (χ4n) is 1.08. The van der Waals surface area contributed by atoms with Crippen molar-refractivity contribution in [1.29, 1.82) is 0 Å². The molecule has 0 aliphatic heterocycles. The maximum Gasteiger partial charge on any atom is 0.0869 e. The Morgan fingerprint density at radius 1 is 0.929 bits per heavy atom. The summed E-state index contributed by atoms with van der Waals surface area (Å²) in [4.78, 5) is 1.01. The van der Waals surface area contributed by atoms with Crippen LogP contribution < -0.4 is 5.73 Å². The zero-order valence-corrected chi connectivity index (χ0v) is 8.34. The van der Waals surface area contributed by atoms with Gasteiger partial charge in [-0.25, -0.2) is 0 Å². The first kappa shape index (κ1) is 8.86. The number of rotatable bonds is 0. The molecule has 1 aromatic heterocycles. The molecular formula is C12H9NS. The maximum atomic E-state index is 5.60. The van der Waals surface area contributed by atoms with E-state index in [1.54, 1.807) is 0 Å². The molecule has 14 heavy (non-hydrogen) atoms. The van der Waals surface area contributed by atoms with Crippen molar-refractivity contribution in [3.8, 4) is 11.8 Å². The van der Waals surface area contributed by atoms with Crippen molar-refractivity contribution in [3.63, 3.8) is 0 Å². The predicted octanol–water partition coefficient (Wildman–Crippen LogP) is 2.73. The fourth-order valence-corrected chi connectivity index (χ4v) is 1.70. The van der Waals surface area contributed by atoms with Crippen LogP contribution in [0.4, 0.5) is 5.00 Å². The van der Waals surface area contributed by atoms with Gasteiger partial charge in [0.15, 0.2) is 0 Å². The Bertz CT molecular complexity index is 474. The third-order valence-corrected chi connectivity index (χ3v) is 2.56. The summed E-state index contributed by atoms with van der Waals surface area (Å²) in [5.74, 6) is 6.15. The van der Waals surface area contributed by atoms with Gasteiger partial charge in [0.1, 0.15) is 0 Å². The quantitative estimate of drug-likeness (QED) is 0.649. The highest BCUT2D eigenvalue weighted by Crippen LogP contribution is 2.16. The topological polar surface area (TPSA) is 26.0 Å². The number of thiophene rings is 1. The van der Waals surface area contributed by atoms with Gasteiger partial charge in [-0.2, -0.15) is 0 Å². The average Bonchev–Trinajstić information content (AvgIpc) is 2.63. The predicted molar refractivity (Wildman–Crippen MR) is 61.2 cm³/mol. The molecule has 0 fully saturated rings. The summed E-state index contributed by atoms with van der Waals surface area (Å²) in [6, 6.07) is 13.7. The van der Waals surface area contributed by atoms with E-state index in [0.717, 1.165) is 15.4 Å². The van der Waals surface area contributed by atoms with E-state index in [0.29, 0.717) is 0 Å². The zero-order valence-electron chi connectivity index (χ0n) is 7.53. The van der Waals surface area contributed by atoms with E-state index < -0.39 is 0 Å². The molecule has 68 valence electrons. The Morgan fingerprint density at radius 2 is 1.71 bits per heavy atom. The van der Waals surface area contributed by atoms with Gasteiger partial charge in [-0.15, -0.1) is 11.3 Å². The molecule has 0 atom stereocenters. The monoisotopic (exact) mass is 199 g/mol. The summed E-state index contributed by atoms with van der Waals surface area (Å²) in [5, 5.41) is 0.808. The molecule has 0 radical (unpaired) electrons. The molecule has 0 spiro atoms. The molecule has 1 nitrogen and oxygen atoms in total. The number of benzene rings is 1. The maximum absolute atomic E-state index is 5.60. The summed E-state index contributed by atoms with van der Waals surface area (Å²) in [5.41, 5.74) is 6.63. The Morgan fingerprint density at radius 3 is 2.36 bits per heavy atom. The first-order chi connectivity index (χ1) is 6.84. The summed E-state index contributed by atoms with van der Waals surface area (Å²) in [7, 11) is 0. The number of anilines is 1. The van der Waals surface area contributed by atoms with Gasteiger partial charge in [0, 0.05) is 5.56 Å². The Labute approximate surface area is 87.2 Å². The lowest BCUT2D eigenvalue weighted by Gasteiger charge is -1.85. The highest BCUT2D eigenvalue weighted by Gasteiger charge is 1.90. The minimum atomic E-state index is 0.808. The van der Waals surface area contributed by atoms with Crippen molar-refractivity contribution in [2.75, 3.05) is 5.73 Å². The molecule has 1 aromatic carbocycles. The first-order valence-corrected chi connectivity index (χ1v) is 5.08. The van der Waals surface area contributed by atoms with Crippen LogP contribution in [0.5, 0.6) is 0 Å². The molecule has 2 heteroatoms. The van der Waals surface area contributed by atoms with Crippen molar-refractivity contribution >= 4 is 16.3 Å².